The molecule has 7 heteroatoms. The molecule has 0 aromatic carbocycles. The minimum Gasteiger partial charge on any atom is -0.464 e. The molecule has 0 aliphatic carbocycles. The molecule has 1 fully saturated rings. The van der Waals surface area contributed by atoms with E-state index < -0.39 is 24.0 Å². The predicted octanol–water partition coefficient (Wildman–Crippen LogP) is 0.287. The Morgan fingerprint density at radius 1 is 1.05 bits per heavy atom. The fraction of sp³-hybridized carbons (Fsp3) is 0.750. The van der Waals surface area contributed by atoms with Gasteiger partial charge in [0.1, 0.15) is 0 Å². The van der Waals surface area contributed by atoms with E-state index in [4.69, 9.17) is 9.47 Å². The third-order valence-electron chi connectivity index (χ3n) is 2.71. The molecule has 0 saturated carbocycles. The van der Waals surface area contributed by atoms with Crippen molar-refractivity contribution in [1.29, 1.82) is 0 Å². The van der Waals surface area contributed by atoms with E-state index in [9.17, 15) is 14.4 Å². The van der Waals surface area contributed by atoms with E-state index in [2.05, 4.69) is 5.32 Å². The maximum absolute atomic E-state index is 11.9. The number of nitrogens with zero attached hydrogens (tertiary/aromatic N) is 1. The van der Waals surface area contributed by atoms with E-state index in [0.717, 1.165) is 12.8 Å². The van der Waals surface area contributed by atoms with Gasteiger partial charge in [0.15, 0.2) is 0 Å². The topological polar surface area (TPSA) is 84.9 Å². The highest BCUT2D eigenvalue weighted by atomic mass is 16.6. The van der Waals surface area contributed by atoms with Gasteiger partial charge in [-0.2, -0.15) is 0 Å². The van der Waals surface area contributed by atoms with Crippen molar-refractivity contribution in [3.63, 3.8) is 0 Å². The molecule has 1 aliphatic rings. The molecule has 1 heterocycles. The lowest BCUT2D eigenvalue weighted by Crippen LogP contribution is -2.52. The van der Waals surface area contributed by atoms with Crippen molar-refractivity contribution >= 4 is 18.0 Å². The summed E-state index contributed by atoms with van der Waals surface area (Å²) in [4.78, 5) is 36.7. The van der Waals surface area contributed by atoms with Gasteiger partial charge in [0.25, 0.3) is 0 Å². The van der Waals surface area contributed by atoms with E-state index in [1.54, 1.807) is 18.7 Å². The summed E-state index contributed by atoms with van der Waals surface area (Å²) >= 11 is 0. The molecule has 0 atom stereocenters. The Morgan fingerprint density at radius 2 is 1.53 bits per heavy atom. The van der Waals surface area contributed by atoms with Crippen LogP contribution in [0.4, 0.5) is 4.79 Å². The van der Waals surface area contributed by atoms with E-state index >= 15 is 0 Å². The predicted molar refractivity (Wildman–Crippen MR) is 66.4 cm³/mol. The molecule has 108 valence electrons. The molecule has 0 aromatic rings. The van der Waals surface area contributed by atoms with Crippen LogP contribution < -0.4 is 5.32 Å². The number of hydrogen-bond acceptors (Lipinski definition) is 5. The summed E-state index contributed by atoms with van der Waals surface area (Å²) in [5.74, 6) is -1.60. The van der Waals surface area contributed by atoms with Gasteiger partial charge in [-0.15, -0.1) is 0 Å². The van der Waals surface area contributed by atoms with Crippen molar-refractivity contribution in [2.75, 3.05) is 26.3 Å². The standard InChI is InChI=1S/C12H20N2O5/c1-3-18-10(15)9(11(16)19-4-2)13-12(17)14-7-5-6-8-14/h9H,3-8H2,1-2H3,(H,13,17). The number of hydrogen-bond donors (Lipinski definition) is 1. The third-order valence-corrected chi connectivity index (χ3v) is 2.71. The molecule has 0 unspecified atom stereocenters. The van der Waals surface area contributed by atoms with Crippen molar-refractivity contribution < 1.29 is 23.9 Å². The van der Waals surface area contributed by atoms with Crippen LogP contribution in [-0.2, 0) is 19.1 Å². The number of nitrogens with one attached hydrogen (secondary N) is 1. The summed E-state index contributed by atoms with van der Waals surface area (Å²) in [6.07, 6.45) is 1.85. The first-order valence-corrected chi connectivity index (χ1v) is 6.48. The highest BCUT2D eigenvalue weighted by Gasteiger charge is 2.33. The second-order valence-corrected chi connectivity index (χ2v) is 4.08. The zero-order chi connectivity index (χ0) is 14.3. The molecular weight excluding hydrogens is 252 g/mol. The Kier molecular flexibility index (Phi) is 6.11. The Balaban J connectivity index is 2.64. The second kappa shape index (κ2) is 7.60. The molecule has 1 aliphatic heterocycles. The van der Waals surface area contributed by atoms with Crippen LogP contribution in [0.1, 0.15) is 26.7 Å². The minimum absolute atomic E-state index is 0.133. The van der Waals surface area contributed by atoms with Crippen LogP contribution in [-0.4, -0.2) is 55.2 Å². The van der Waals surface area contributed by atoms with Gasteiger partial charge in [-0.3, -0.25) is 0 Å². The quantitative estimate of drug-likeness (QED) is 0.574. The lowest BCUT2D eigenvalue weighted by atomic mass is 10.3. The average molecular weight is 272 g/mol. The van der Waals surface area contributed by atoms with Crippen LogP contribution in [0.3, 0.4) is 0 Å². The number of amides is 2. The molecule has 19 heavy (non-hydrogen) atoms. The van der Waals surface area contributed by atoms with Crippen molar-refractivity contribution in [3.8, 4) is 0 Å². The van der Waals surface area contributed by atoms with Crippen LogP contribution in [0.5, 0.6) is 0 Å². The maximum atomic E-state index is 11.9. The van der Waals surface area contributed by atoms with Gasteiger partial charge in [-0.25, -0.2) is 14.4 Å². The summed E-state index contributed by atoms with van der Waals surface area (Å²) in [5.41, 5.74) is 0. The van der Waals surface area contributed by atoms with Crippen molar-refractivity contribution in [2.24, 2.45) is 0 Å². The van der Waals surface area contributed by atoms with E-state index in [1.807, 2.05) is 0 Å². The van der Waals surface area contributed by atoms with Gasteiger partial charge < -0.3 is 19.7 Å². The van der Waals surface area contributed by atoms with E-state index in [0.29, 0.717) is 13.1 Å². The van der Waals surface area contributed by atoms with Gasteiger partial charge in [0, 0.05) is 13.1 Å². The second-order valence-electron chi connectivity index (χ2n) is 4.08. The zero-order valence-corrected chi connectivity index (χ0v) is 11.3. The van der Waals surface area contributed by atoms with E-state index in [-0.39, 0.29) is 13.2 Å². The number of esters is 2. The van der Waals surface area contributed by atoms with Gasteiger partial charge >= 0.3 is 18.0 Å². The smallest absolute Gasteiger partial charge is 0.340 e. The first-order chi connectivity index (χ1) is 9.10. The normalized spacial score (nSPS) is 14.4. The van der Waals surface area contributed by atoms with Gasteiger partial charge in [0.05, 0.1) is 13.2 Å². The largest absolute Gasteiger partial charge is 0.464 e. The minimum atomic E-state index is -1.40. The lowest BCUT2D eigenvalue weighted by molar-refractivity contribution is -0.157. The highest BCUT2D eigenvalue weighted by Crippen LogP contribution is 2.07. The fourth-order valence-corrected chi connectivity index (χ4v) is 1.80. The Morgan fingerprint density at radius 3 is 1.95 bits per heavy atom. The first-order valence-electron chi connectivity index (χ1n) is 6.48. The average Bonchev–Trinajstić information content (AvgIpc) is 2.90. The molecule has 7 nitrogen and oxygen atoms in total. The van der Waals surface area contributed by atoms with Crippen molar-refractivity contribution in [3.05, 3.63) is 0 Å². The molecule has 0 bridgehead atoms. The first kappa shape index (κ1) is 15.3. The van der Waals surface area contributed by atoms with Gasteiger partial charge in [-0.1, -0.05) is 0 Å². The summed E-state index contributed by atoms with van der Waals surface area (Å²) < 4.78 is 9.52. The van der Waals surface area contributed by atoms with Crippen LogP contribution in [0.15, 0.2) is 0 Å². The van der Waals surface area contributed by atoms with Crippen LogP contribution in [0.2, 0.25) is 0 Å². The van der Waals surface area contributed by atoms with Crippen LogP contribution >= 0.6 is 0 Å². The number of carbonyl (C=O) groups is 3. The van der Waals surface area contributed by atoms with Crippen molar-refractivity contribution in [1.82, 2.24) is 10.2 Å². The number of urea groups is 1. The number of carbonyl (C=O) groups excluding carboxylic acids is 3. The molecular formula is C12H20N2O5. The Bertz CT molecular complexity index is 321. The fourth-order valence-electron chi connectivity index (χ4n) is 1.80. The van der Waals surface area contributed by atoms with E-state index in [1.165, 1.54) is 0 Å². The number of likely N-dealkylation sites (tertiary alicyclic amines) is 1. The molecule has 0 aromatic heterocycles. The Hall–Kier alpha value is -1.79. The number of ether oxygens (including phenoxy) is 2. The summed E-state index contributed by atoms with van der Waals surface area (Å²) in [6, 6.07) is -1.84. The lowest BCUT2D eigenvalue weighted by Gasteiger charge is -2.20. The summed E-state index contributed by atoms with van der Waals surface area (Å²) in [5, 5.41) is 2.37. The molecule has 1 N–H and O–H groups in total. The maximum Gasteiger partial charge on any atom is 0.340 e. The summed E-state index contributed by atoms with van der Waals surface area (Å²) in [7, 11) is 0. The molecule has 2 amide bonds. The van der Waals surface area contributed by atoms with Crippen LogP contribution in [0, 0.1) is 0 Å². The monoisotopic (exact) mass is 272 g/mol. The van der Waals surface area contributed by atoms with Crippen molar-refractivity contribution in [2.45, 2.75) is 32.7 Å². The van der Waals surface area contributed by atoms with Gasteiger partial charge in [0.2, 0.25) is 6.04 Å². The SMILES string of the molecule is CCOC(=O)C(NC(=O)N1CCCC1)C(=O)OCC. The zero-order valence-electron chi connectivity index (χ0n) is 11.3. The van der Waals surface area contributed by atoms with Gasteiger partial charge in [-0.05, 0) is 26.7 Å². The Labute approximate surface area is 112 Å². The highest BCUT2D eigenvalue weighted by molar-refractivity contribution is 6.02. The van der Waals surface area contributed by atoms with Crippen LogP contribution in [0.25, 0.3) is 0 Å². The third kappa shape index (κ3) is 4.42. The molecule has 1 rings (SSSR count). The molecule has 1 saturated heterocycles. The number of rotatable bonds is 5. The summed E-state index contributed by atoms with van der Waals surface area (Å²) in [6.45, 7) is 4.78. The molecule has 0 radical (unpaired) electrons. The molecule has 0 spiro atoms.